The molecule has 1 aromatic heterocycles. The van der Waals surface area contributed by atoms with Gasteiger partial charge in [0.05, 0.1) is 0 Å². The lowest BCUT2D eigenvalue weighted by atomic mass is 9.96. The van der Waals surface area contributed by atoms with Gasteiger partial charge in [-0.3, -0.25) is 0 Å². The van der Waals surface area contributed by atoms with Gasteiger partial charge in [0.2, 0.25) is 0 Å². The van der Waals surface area contributed by atoms with E-state index >= 15 is 0 Å². The highest BCUT2D eigenvalue weighted by Gasteiger charge is 2.28. The average Bonchev–Trinajstić information content (AvgIpc) is 3.12. The second-order valence-electron chi connectivity index (χ2n) is 5.20. The third-order valence-corrected chi connectivity index (χ3v) is 3.70. The minimum absolute atomic E-state index is 0.0849. The van der Waals surface area contributed by atoms with Crippen LogP contribution >= 0.6 is 0 Å². The summed E-state index contributed by atoms with van der Waals surface area (Å²) in [5.74, 6) is 2.88. The van der Waals surface area contributed by atoms with Crippen molar-refractivity contribution in [1.29, 1.82) is 0 Å². The van der Waals surface area contributed by atoms with Crippen LogP contribution in [0.4, 0.5) is 11.6 Å². The fourth-order valence-electron chi connectivity index (χ4n) is 1.81. The Morgan fingerprint density at radius 2 is 2.00 bits per heavy atom. The molecule has 0 bridgehead atoms. The maximum atomic E-state index is 5.84. The predicted octanol–water partition coefficient (Wildman–Crippen LogP) is 2.93. The molecule has 0 aromatic carbocycles. The fourth-order valence-corrected chi connectivity index (χ4v) is 1.81. The van der Waals surface area contributed by atoms with Gasteiger partial charge in [-0.2, -0.15) is 0 Å². The van der Waals surface area contributed by atoms with E-state index in [1.165, 1.54) is 12.8 Å². The monoisotopic (exact) mass is 234 g/mol. The number of aromatic nitrogens is 2. The van der Waals surface area contributed by atoms with Crippen LogP contribution in [0.15, 0.2) is 6.07 Å². The van der Waals surface area contributed by atoms with E-state index in [9.17, 15) is 0 Å². The fraction of sp³-hybridized carbons (Fsp3) is 0.692. The number of nitrogen functional groups attached to an aromatic ring is 1. The number of rotatable bonds is 5. The van der Waals surface area contributed by atoms with Crippen LogP contribution in [0.1, 0.15) is 58.2 Å². The molecule has 4 nitrogen and oxygen atoms in total. The van der Waals surface area contributed by atoms with E-state index in [-0.39, 0.29) is 5.54 Å². The van der Waals surface area contributed by atoms with Crippen molar-refractivity contribution in [2.45, 2.75) is 57.9 Å². The van der Waals surface area contributed by atoms with Crippen molar-refractivity contribution < 1.29 is 0 Å². The summed E-state index contributed by atoms with van der Waals surface area (Å²) in [7, 11) is 0. The molecular weight excluding hydrogens is 212 g/mol. The lowest BCUT2D eigenvalue weighted by Gasteiger charge is -2.29. The first kappa shape index (κ1) is 12.1. The molecule has 0 saturated heterocycles. The number of nitrogens with two attached hydrogens (primary N) is 1. The Balaban J connectivity index is 2.20. The Hall–Kier alpha value is -1.32. The first-order valence-corrected chi connectivity index (χ1v) is 6.49. The summed E-state index contributed by atoms with van der Waals surface area (Å²) in [6, 6.07) is 1.83. The van der Waals surface area contributed by atoms with Crippen LogP contribution < -0.4 is 11.1 Å². The summed E-state index contributed by atoms with van der Waals surface area (Å²) in [5.41, 5.74) is 5.92. The SMILES string of the molecule is CCC(C)(CC)Nc1cc(N)nc(C2CC2)n1. The average molecular weight is 234 g/mol. The first-order chi connectivity index (χ1) is 8.06. The molecule has 2 rings (SSSR count). The molecule has 1 heterocycles. The molecule has 0 radical (unpaired) electrons. The number of nitrogens with zero attached hydrogens (tertiary/aromatic N) is 2. The number of hydrogen-bond donors (Lipinski definition) is 2. The number of anilines is 2. The van der Waals surface area contributed by atoms with E-state index in [2.05, 4.69) is 36.1 Å². The largest absolute Gasteiger partial charge is 0.384 e. The zero-order valence-electron chi connectivity index (χ0n) is 11.0. The van der Waals surface area contributed by atoms with Crippen molar-refractivity contribution >= 4 is 11.6 Å². The van der Waals surface area contributed by atoms with E-state index in [1.807, 2.05) is 6.07 Å². The highest BCUT2D eigenvalue weighted by molar-refractivity contribution is 5.47. The summed E-state index contributed by atoms with van der Waals surface area (Å²) in [5, 5.41) is 3.49. The highest BCUT2D eigenvalue weighted by Crippen LogP contribution is 2.38. The van der Waals surface area contributed by atoms with Crippen LogP contribution in [-0.4, -0.2) is 15.5 Å². The van der Waals surface area contributed by atoms with Crippen molar-refractivity contribution in [2.24, 2.45) is 0 Å². The van der Waals surface area contributed by atoms with Crippen molar-refractivity contribution in [2.75, 3.05) is 11.1 Å². The normalized spacial score (nSPS) is 15.9. The van der Waals surface area contributed by atoms with E-state index in [0.29, 0.717) is 11.7 Å². The minimum atomic E-state index is 0.0849. The van der Waals surface area contributed by atoms with Crippen LogP contribution in [0, 0.1) is 0 Å². The smallest absolute Gasteiger partial charge is 0.136 e. The third kappa shape index (κ3) is 2.87. The maximum absolute atomic E-state index is 5.84. The molecule has 0 unspecified atom stereocenters. The van der Waals surface area contributed by atoms with E-state index in [0.717, 1.165) is 24.5 Å². The highest BCUT2D eigenvalue weighted by atomic mass is 15.1. The van der Waals surface area contributed by atoms with Crippen molar-refractivity contribution in [3.63, 3.8) is 0 Å². The molecule has 0 amide bonds. The summed E-state index contributed by atoms with van der Waals surface area (Å²) in [4.78, 5) is 8.88. The standard InChI is InChI=1S/C13H22N4/c1-4-13(3,5-2)17-11-8-10(14)15-12(16-11)9-6-7-9/h8-9H,4-7H2,1-3H3,(H3,14,15,16,17). The summed E-state index contributed by atoms with van der Waals surface area (Å²) < 4.78 is 0. The van der Waals surface area contributed by atoms with Gasteiger partial charge >= 0.3 is 0 Å². The second-order valence-corrected chi connectivity index (χ2v) is 5.20. The van der Waals surface area contributed by atoms with E-state index in [4.69, 9.17) is 5.73 Å². The zero-order valence-corrected chi connectivity index (χ0v) is 11.0. The van der Waals surface area contributed by atoms with Gasteiger partial charge in [0, 0.05) is 17.5 Å². The van der Waals surface area contributed by atoms with Crippen LogP contribution in [0.2, 0.25) is 0 Å². The van der Waals surface area contributed by atoms with Crippen LogP contribution in [0.3, 0.4) is 0 Å². The molecule has 1 saturated carbocycles. The minimum Gasteiger partial charge on any atom is -0.384 e. The van der Waals surface area contributed by atoms with E-state index < -0.39 is 0 Å². The van der Waals surface area contributed by atoms with Gasteiger partial charge in [-0.15, -0.1) is 0 Å². The van der Waals surface area contributed by atoms with Crippen molar-refractivity contribution in [1.82, 2.24) is 9.97 Å². The molecule has 0 atom stereocenters. The van der Waals surface area contributed by atoms with Crippen molar-refractivity contribution in [3.05, 3.63) is 11.9 Å². The molecule has 17 heavy (non-hydrogen) atoms. The molecule has 4 heteroatoms. The van der Waals surface area contributed by atoms with Crippen molar-refractivity contribution in [3.8, 4) is 0 Å². The lowest BCUT2D eigenvalue weighted by Crippen LogP contribution is -2.33. The number of hydrogen-bond acceptors (Lipinski definition) is 4. The Labute approximate surface area is 103 Å². The first-order valence-electron chi connectivity index (χ1n) is 6.49. The third-order valence-electron chi connectivity index (χ3n) is 3.70. The van der Waals surface area contributed by atoms with Crippen LogP contribution in [0.5, 0.6) is 0 Å². The molecule has 3 N–H and O–H groups in total. The molecule has 94 valence electrons. The molecule has 1 aromatic rings. The molecule has 1 fully saturated rings. The summed E-state index contributed by atoms with van der Waals surface area (Å²) in [6.07, 6.45) is 4.52. The van der Waals surface area contributed by atoms with Gasteiger partial charge in [0.1, 0.15) is 17.5 Å². The lowest BCUT2D eigenvalue weighted by molar-refractivity contribution is 0.476. The molecule has 1 aliphatic rings. The van der Waals surface area contributed by atoms with Gasteiger partial charge in [-0.05, 0) is 32.6 Å². The van der Waals surface area contributed by atoms with Gasteiger partial charge in [0.25, 0.3) is 0 Å². The van der Waals surface area contributed by atoms with E-state index in [1.54, 1.807) is 0 Å². The van der Waals surface area contributed by atoms with Gasteiger partial charge in [0.15, 0.2) is 0 Å². The molecule has 0 aliphatic heterocycles. The van der Waals surface area contributed by atoms with Crippen LogP contribution in [0.25, 0.3) is 0 Å². The van der Waals surface area contributed by atoms with Gasteiger partial charge < -0.3 is 11.1 Å². The van der Waals surface area contributed by atoms with Gasteiger partial charge in [-0.25, -0.2) is 9.97 Å². The quantitative estimate of drug-likeness (QED) is 0.822. The molecule has 0 spiro atoms. The molecular formula is C13H22N4. The maximum Gasteiger partial charge on any atom is 0.136 e. The predicted molar refractivity (Wildman–Crippen MR) is 71.0 cm³/mol. The van der Waals surface area contributed by atoms with Crippen LogP contribution in [-0.2, 0) is 0 Å². The second kappa shape index (κ2) is 4.51. The number of nitrogens with one attached hydrogen (secondary N) is 1. The van der Waals surface area contributed by atoms with Gasteiger partial charge in [-0.1, -0.05) is 13.8 Å². The topological polar surface area (TPSA) is 63.8 Å². The summed E-state index contributed by atoms with van der Waals surface area (Å²) in [6.45, 7) is 6.58. The Morgan fingerprint density at radius 3 is 2.53 bits per heavy atom. The molecule has 1 aliphatic carbocycles. The Kier molecular flexibility index (Phi) is 3.22. The zero-order chi connectivity index (χ0) is 12.5. The summed E-state index contributed by atoms with van der Waals surface area (Å²) >= 11 is 0. The Morgan fingerprint density at radius 1 is 1.35 bits per heavy atom. The Bertz CT molecular complexity index is 394.